The zero-order valence-corrected chi connectivity index (χ0v) is 13.4. The molecule has 0 aliphatic rings. The Bertz CT molecular complexity index is 985. The maximum absolute atomic E-state index is 13.4. The lowest BCUT2D eigenvalue weighted by Crippen LogP contribution is -2.28. The highest BCUT2D eigenvalue weighted by Gasteiger charge is 2.10. The third kappa shape index (κ3) is 3.89. The van der Waals surface area contributed by atoms with Gasteiger partial charge in [0.2, 0.25) is 5.82 Å². The number of hydrogen-bond acceptors (Lipinski definition) is 3. The van der Waals surface area contributed by atoms with Crippen LogP contribution in [0.3, 0.4) is 0 Å². The Labute approximate surface area is 143 Å². The summed E-state index contributed by atoms with van der Waals surface area (Å²) < 4.78 is 14.6. The third-order valence-electron chi connectivity index (χ3n) is 3.43. The van der Waals surface area contributed by atoms with E-state index in [4.69, 9.17) is 0 Å². The number of nitrogens with zero attached hydrogens (tertiary/aromatic N) is 2. The molecule has 0 bridgehead atoms. The van der Waals surface area contributed by atoms with Gasteiger partial charge in [0.1, 0.15) is 5.82 Å². The molecule has 6 nitrogen and oxygen atoms in total. The van der Waals surface area contributed by atoms with Crippen LogP contribution in [0.25, 0.3) is 5.69 Å². The van der Waals surface area contributed by atoms with Crippen molar-refractivity contribution in [3.8, 4) is 5.69 Å². The first kappa shape index (κ1) is 16.4. The highest BCUT2D eigenvalue weighted by molar-refractivity contribution is 5.99. The summed E-state index contributed by atoms with van der Waals surface area (Å²) in [6, 6.07) is 12.2. The largest absolute Gasteiger partial charge is 0.325 e. The van der Waals surface area contributed by atoms with Crippen molar-refractivity contribution in [2.24, 2.45) is 0 Å². The summed E-state index contributed by atoms with van der Waals surface area (Å²) in [6.45, 7) is 1.90. The SMILES string of the molecule is Cc1cccc(NC(=O)Nc2nccn(-c3cccc(F)c3)c2=O)c1. The van der Waals surface area contributed by atoms with Crippen molar-refractivity contribution in [1.82, 2.24) is 9.55 Å². The van der Waals surface area contributed by atoms with Crippen molar-refractivity contribution in [2.45, 2.75) is 6.92 Å². The quantitative estimate of drug-likeness (QED) is 0.769. The summed E-state index contributed by atoms with van der Waals surface area (Å²) in [4.78, 5) is 28.4. The van der Waals surface area contributed by atoms with E-state index in [1.807, 2.05) is 19.1 Å². The van der Waals surface area contributed by atoms with E-state index < -0.39 is 17.4 Å². The van der Waals surface area contributed by atoms with E-state index in [0.29, 0.717) is 11.4 Å². The molecule has 2 N–H and O–H groups in total. The number of aryl methyl sites for hydroxylation is 1. The van der Waals surface area contributed by atoms with Crippen LogP contribution in [0, 0.1) is 12.7 Å². The van der Waals surface area contributed by atoms with E-state index >= 15 is 0 Å². The van der Waals surface area contributed by atoms with E-state index in [9.17, 15) is 14.0 Å². The molecule has 0 radical (unpaired) electrons. The predicted molar refractivity (Wildman–Crippen MR) is 93.6 cm³/mol. The van der Waals surface area contributed by atoms with Gasteiger partial charge < -0.3 is 5.32 Å². The molecule has 0 saturated carbocycles. The fourth-order valence-corrected chi connectivity index (χ4v) is 2.32. The van der Waals surface area contributed by atoms with Gasteiger partial charge in [-0.15, -0.1) is 0 Å². The minimum Gasteiger partial charge on any atom is -0.308 e. The molecule has 25 heavy (non-hydrogen) atoms. The Hall–Kier alpha value is -3.48. The summed E-state index contributed by atoms with van der Waals surface area (Å²) in [6.07, 6.45) is 2.76. The van der Waals surface area contributed by atoms with Gasteiger partial charge in [0, 0.05) is 18.1 Å². The van der Waals surface area contributed by atoms with Gasteiger partial charge in [-0.3, -0.25) is 14.7 Å². The van der Waals surface area contributed by atoms with Gasteiger partial charge in [-0.25, -0.2) is 14.2 Å². The van der Waals surface area contributed by atoms with Gasteiger partial charge >= 0.3 is 6.03 Å². The van der Waals surface area contributed by atoms with E-state index in [-0.39, 0.29) is 5.82 Å². The molecule has 3 aromatic rings. The fourth-order valence-electron chi connectivity index (χ4n) is 2.32. The monoisotopic (exact) mass is 338 g/mol. The second-order valence-corrected chi connectivity index (χ2v) is 5.38. The molecule has 0 saturated heterocycles. The first-order chi connectivity index (χ1) is 12.0. The number of benzene rings is 2. The highest BCUT2D eigenvalue weighted by Crippen LogP contribution is 2.11. The number of aromatic nitrogens is 2. The Morgan fingerprint density at radius 3 is 2.68 bits per heavy atom. The number of carbonyl (C=O) groups is 1. The summed E-state index contributed by atoms with van der Waals surface area (Å²) in [5.74, 6) is -0.621. The van der Waals surface area contributed by atoms with Gasteiger partial charge in [0.05, 0.1) is 5.69 Å². The van der Waals surface area contributed by atoms with Crippen molar-refractivity contribution >= 4 is 17.5 Å². The Kier molecular flexibility index (Phi) is 4.56. The molecule has 7 heteroatoms. The van der Waals surface area contributed by atoms with Crippen LogP contribution < -0.4 is 16.2 Å². The smallest absolute Gasteiger partial charge is 0.308 e. The highest BCUT2D eigenvalue weighted by atomic mass is 19.1. The van der Waals surface area contributed by atoms with Crippen LogP contribution in [-0.4, -0.2) is 15.6 Å². The topological polar surface area (TPSA) is 76.0 Å². The predicted octanol–water partition coefficient (Wildman–Crippen LogP) is 3.32. The van der Waals surface area contributed by atoms with Crippen LogP contribution >= 0.6 is 0 Å². The van der Waals surface area contributed by atoms with Crippen molar-refractivity contribution in [3.63, 3.8) is 0 Å². The molecule has 0 aliphatic heterocycles. The van der Waals surface area contributed by atoms with E-state index in [1.165, 1.54) is 35.2 Å². The van der Waals surface area contributed by atoms with Crippen LogP contribution in [0.5, 0.6) is 0 Å². The standard InChI is InChI=1S/C18H15FN4O2/c1-12-4-2-6-14(10-12)21-18(25)22-16-17(24)23(9-8-20-16)15-7-3-5-13(19)11-15/h2-11H,1H3,(H2,20,21,22,25). The fraction of sp³-hybridized carbons (Fsp3) is 0.0556. The van der Waals surface area contributed by atoms with Crippen molar-refractivity contribution in [2.75, 3.05) is 10.6 Å². The molecule has 0 fully saturated rings. The Morgan fingerprint density at radius 1 is 1.12 bits per heavy atom. The molecule has 2 aromatic carbocycles. The Balaban J connectivity index is 1.83. The van der Waals surface area contributed by atoms with Gasteiger partial charge in [-0.05, 0) is 42.8 Å². The lowest BCUT2D eigenvalue weighted by molar-refractivity contribution is 0.262. The van der Waals surface area contributed by atoms with E-state index in [0.717, 1.165) is 5.56 Å². The van der Waals surface area contributed by atoms with Crippen molar-refractivity contribution < 1.29 is 9.18 Å². The van der Waals surface area contributed by atoms with Crippen molar-refractivity contribution in [1.29, 1.82) is 0 Å². The number of urea groups is 1. The molecule has 126 valence electrons. The number of halogens is 1. The van der Waals surface area contributed by atoms with Gasteiger partial charge in [-0.1, -0.05) is 18.2 Å². The van der Waals surface area contributed by atoms with Gasteiger partial charge in [-0.2, -0.15) is 0 Å². The van der Waals surface area contributed by atoms with Crippen LogP contribution in [0.2, 0.25) is 0 Å². The normalized spacial score (nSPS) is 10.3. The first-order valence-electron chi connectivity index (χ1n) is 7.51. The van der Waals surface area contributed by atoms with E-state index in [2.05, 4.69) is 15.6 Å². The molecule has 1 heterocycles. The molecule has 2 amide bonds. The van der Waals surface area contributed by atoms with Gasteiger partial charge in [0.25, 0.3) is 5.56 Å². The minimum atomic E-state index is -0.591. The molecular formula is C18H15FN4O2. The number of carbonyl (C=O) groups excluding carboxylic acids is 1. The zero-order valence-electron chi connectivity index (χ0n) is 13.4. The maximum Gasteiger partial charge on any atom is 0.325 e. The summed E-state index contributed by atoms with van der Waals surface area (Å²) in [7, 11) is 0. The number of anilines is 2. The molecule has 3 rings (SSSR count). The number of nitrogens with one attached hydrogen (secondary N) is 2. The van der Waals surface area contributed by atoms with Crippen LogP contribution in [0.1, 0.15) is 5.56 Å². The van der Waals surface area contributed by atoms with Crippen LogP contribution in [0.15, 0.2) is 65.7 Å². The minimum absolute atomic E-state index is 0.156. The number of hydrogen-bond donors (Lipinski definition) is 2. The van der Waals surface area contributed by atoms with Crippen LogP contribution in [0.4, 0.5) is 20.7 Å². The summed E-state index contributed by atoms with van der Waals surface area (Å²) in [5.41, 5.74) is 1.37. The third-order valence-corrected chi connectivity index (χ3v) is 3.43. The molecule has 0 aliphatic carbocycles. The molecule has 0 spiro atoms. The second kappa shape index (κ2) is 6.96. The average molecular weight is 338 g/mol. The molecule has 1 aromatic heterocycles. The molecular weight excluding hydrogens is 323 g/mol. The van der Waals surface area contributed by atoms with Gasteiger partial charge in [0.15, 0.2) is 0 Å². The first-order valence-corrected chi connectivity index (χ1v) is 7.51. The second-order valence-electron chi connectivity index (χ2n) is 5.38. The Morgan fingerprint density at radius 2 is 1.92 bits per heavy atom. The molecule has 0 atom stereocenters. The average Bonchev–Trinajstić information content (AvgIpc) is 2.57. The molecule has 0 unspecified atom stereocenters. The summed E-state index contributed by atoms with van der Waals surface area (Å²) in [5, 5.41) is 5.04. The van der Waals surface area contributed by atoms with E-state index in [1.54, 1.807) is 18.2 Å². The lowest BCUT2D eigenvalue weighted by atomic mass is 10.2. The number of amides is 2. The maximum atomic E-state index is 13.4. The number of rotatable bonds is 3. The van der Waals surface area contributed by atoms with Crippen LogP contribution in [-0.2, 0) is 0 Å². The lowest BCUT2D eigenvalue weighted by Gasteiger charge is -2.10. The summed E-state index contributed by atoms with van der Waals surface area (Å²) >= 11 is 0. The van der Waals surface area contributed by atoms with Crippen molar-refractivity contribution in [3.05, 3.63) is 82.7 Å². The zero-order chi connectivity index (χ0) is 17.8.